The van der Waals surface area contributed by atoms with E-state index in [-0.39, 0.29) is 0 Å². The van der Waals surface area contributed by atoms with Gasteiger partial charge in [0.15, 0.2) is 0 Å². The number of hydrogen-bond donors (Lipinski definition) is 0. The molecule has 0 saturated heterocycles. The SMILES string of the molecule is C/C=C\C=C(/C)n1c2ccccc2c2cc(N(c3ccc(-c4nc5ccccc5nc4-c4ccccc4)cc3)c3cccc(-c4ccccc4)c3)ccc21. The number of benzene rings is 7. The second-order valence-electron chi connectivity index (χ2n) is 13.5. The summed E-state index contributed by atoms with van der Waals surface area (Å²) < 4.78 is 2.36. The maximum absolute atomic E-state index is 5.17. The molecule has 0 aliphatic rings. The molecule has 9 rings (SSSR count). The van der Waals surface area contributed by atoms with Gasteiger partial charge in [-0.15, -0.1) is 0 Å². The number of allylic oxidation sites excluding steroid dienone is 4. The van der Waals surface area contributed by atoms with Crippen LogP contribution in [0.5, 0.6) is 0 Å². The zero-order chi connectivity index (χ0) is 36.4. The smallest absolute Gasteiger partial charge is 0.0973 e. The van der Waals surface area contributed by atoms with Crippen LogP contribution in [0.15, 0.2) is 194 Å². The molecule has 0 fully saturated rings. The van der Waals surface area contributed by atoms with E-state index < -0.39 is 0 Å². The lowest BCUT2D eigenvalue weighted by molar-refractivity contribution is 1.20. The van der Waals surface area contributed by atoms with Gasteiger partial charge in [0.2, 0.25) is 0 Å². The van der Waals surface area contributed by atoms with E-state index in [2.05, 4.69) is 180 Å². The predicted molar refractivity (Wildman–Crippen MR) is 228 cm³/mol. The Morgan fingerprint density at radius 3 is 1.74 bits per heavy atom. The largest absolute Gasteiger partial charge is 0.313 e. The van der Waals surface area contributed by atoms with Gasteiger partial charge in [-0.3, -0.25) is 0 Å². The Balaban J connectivity index is 1.22. The quantitative estimate of drug-likeness (QED) is 0.149. The van der Waals surface area contributed by atoms with Crippen LogP contribution in [0.25, 0.3) is 72.2 Å². The molecule has 0 radical (unpaired) electrons. The molecule has 0 aliphatic heterocycles. The zero-order valence-electron chi connectivity index (χ0n) is 30.3. The molecule has 0 amide bonds. The molecule has 7 aromatic carbocycles. The summed E-state index contributed by atoms with van der Waals surface area (Å²) in [4.78, 5) is 12.6. The molecule has 0 spiro atoms. The van der Waals surface area contributed by atoms with Gasteiger partial charge in [-0.2, -0.15) is 0 Å². The summed E-state index contributed by atoms with van der Waals surface area (Å²) in [7, 11) is 0. The maximum atomic E-state index is 5.17. The Kier molecular flexibility index (Phi) is 8.62. The van der Waals surface area contributed by atoms with Crippen molar-refractivity contribution in [3.63, 3.8) is 0 Å². The first-order chi connectivity index (χ1) is 26.7. The van der Waals surface area contributed by atoms with Crippen LogP contribution in [0, 0.1) is 0 Å². The van der Waals surface area contributed by atoms with Crippen molar-refractivity contribution in [2.24, 2.45) is 0 Å². The third-order valence-electron chi connectivity index (χ3n) is 10.0. The van der Waals surface area contributed by atoms with Crippen LogP contribution in [0.4, 0.5) is 17.1 Å². The number of rotatable bonds is 8. The summed E-state index contributed by atoms with van der Waals surface area (Å²) in [6, 6.07) is 62.1. The van der Waals surface area contributed by atoms with Crippen LogP contribution in [0.2, 0.25) is 0 Å². The summed E-state index contributed by atoms with van der Waals surface area (Å²) in [5, 5.41) is 2.43. The third kappa shape index (κ3) is 6.04. The molecule has 9 aromatic rings. The standard InChI is InChI=1S/C50H38N4/c1-3-4-16-35(2)53-47-26-14-11-23-43(47)44-34-42(31-32-48(44)53)54(41-22-15-21-39(33-41)36-17-7-5-8-18-36)40-29-27-38(28-30-40)50-49(37-19-9-6-10-20-37)51-45-24-12-13-25-46(45)52-50/h3-34H,1-2H3/b4-3-,35-16+. The first-order valence-electron chi connectivity index (χ1n) is 18.4. The molecule has 0 unspecified atom stereocenters. The molecule has 0 saturated carbocycles. The van der Waals surface area contributed by atoms with Crippen molar-refractivity contribution in [1.29, 1.82) is 0 Å². The summed E-state index contributed by atoms with van der Waals surface area (Å²) in [6.45, 7) is 4.22. The minimum absolute atomic E-state index is 0.861. The highest BCUT2D eigenvalue weighted by molar-refractivity contribution is 6.11. The van der Waals surface area contributed by atoms with Crippen molar-refractivity contribution in [1.82, 2.24) is 14.5 Å². The average molecular weight is 695 g/mol. The van der Waals surface area contributed by atoms with Crippen molar-refractivity contribution in [2.45, 2.75) is 13.8 Å². The predicted octanol–water partition coefficient (Wildman–Crippen LogP) is 13.6. The topological polar surface area (TPSA) is 34.0 Å². The minimum atomic E-state index is 0.861. The number of aromatic nitrogens is 3. The zero-order valence-corrected chi connectivity index (χ0v) is 30.3. The fourth-order valence-corrected chi connectivity index (χ4v) is 7.46. The lowest BCUT2D eigenvalue weighted by Gasteiger charge is -2.26. The number of hydrogen-bond acceptors (Lipinski definition) is 3. The van der Waals surface area contributed by atoms with Gasteiger partial charge in [0.1, 0.15) is 0 Å². The van der Waals surface area contributed by atoms with Gasteiger partial charge < -0.3 is 9.47 Å². The molecular formula is C50H38N4. The molecule has 258 valence electrons. The van der Waals surface area contributed by atoms with E-state index in [0.29, 0.717) is 0 Å². The Morgan fingerprint density at radius 1 is 0.481 bits per heavy atom. The first-order valence-corrected chi connectivity index (χ1v) is 18.4. The van der Waals surface area contributed by atoms with Crippen LogP contribution in [-0.2, 0) is 0 Å². The Hall–Kier alpha value is -7.04. The third-order valence-corrected chi connectivity index (χ3v) is 10.0. The number of nitrogens with zero attached hydrogens (tertiary/aromatic N) is 4. The summed E-state index contributed by atoms with van der Waals surface area (Å²) in [6.07, 6.45) is 6.34. The van der Waals surface area contributed by atoms with Gasteiger partial charge in [-0.1, -0.05) is 127 Å². The number of anilines is 3. The van der Waals surface area contributed by atoms with Crippen LogP contribution in [-0.4, -0.2) is 14.5 Å². The highest BCUT2D eigenvalue weighted by atomic mass is 15.1. The Labute approximate surface area is 315 Å². The fourth-order valence-electron chi connectivity index (χ4n) is 7.46. The lowest BCUT2D eigenvalue weighted by Crippen LogP contribution is -2.10. The average Bonchev–Trinajstić information content (AvgIpc) is 3.57. The van der Waals surface area contributed by atoms with Crippen LogP contribution in [0.3, 0.4) is 0 Å². The Morgan fingerprint density at radius 2 is 1.04 bits per heavy atom. The fraction of sp³-hybridized carbons (Fsp3) is 0.0400. The van der Waals surface area contributed by atoms with Gasteiger partial charge in [0.05, 0.1) is 33.5 Å². The molecule has 0 bridgehead atoms. The molecule has 4 nitrogen and oxygen atoms in total. The van der Waals surface area contributed by atoms with E-state index in [4.69, 9.17) is 9.97 Å². The minimum Gasteiger partial charge on any atom is -0.313 e. The second kappa shape index (κ2) is 14.2. The summed E-state index contributed by atoms with van der Waals surface area (Å²) >= 11 is 0. The van der Waals surface area contributed by atoms with Crippen molar-refractivity contribution >= 4 is 55.6 Å². The van der Waals surface area contributed by atoms with Crippen LogP contribution < -0.4 is 4.90 Å². The normalized spacial score (nSPS) is 11.9. The molecule has 2 heterocycles. The van der Waals surface area contributed by atoms with Gasteiger partial charge in [-0.25, -0.2) is 9.97 Å². The molecule has 0 N–H and O–H groups in total. The lowest BCUT2D eigenvalue weighted by atomic mass is 10.0. The number of fused-ring (bicyclic) bond motifs is 4. The molecule has 54 heavy (non-hydrogen) atoms. The maximum Gasteiger partial charge on any atom is 0.0973 e. The van der Waals surface area contributed by atoms with Crippen molar-refractivity contribution < 1.29 is 0 Å². The highest BCUT2D eigenvalue weighted by Gasteiger charge is 2.19. The van der Waals surface area contributed by atoms with E-state index in [1.807, 2.05) is 37.3 Å². The van der Waals surface area contributed by atoms with Gasteiger partial charge in [-0.05, 0) is 91.7 Å². The summed E-state index contributed by atoms with van der Waals surface area (Å²) in [5.41, 5.74) is 14.6. The molecule has 4 heteroatoms. The van der Waals surface area contributed by atoms with Gasteiger partial charge >= 0.3 is 0 Å². The molecular weight excluding hydrogens is 657 g/mol. The summed E-state index contributed by atoms with van der Waals surface area (Å²) in [5.74, 6) is 0. The Bertz CT molecular complexity index is 2830. The van der Waals surface area contributed by atoms with Crippen LogP contribution >= 0.6 is 0 Å². The monoisotopic (exact) mass is 694 g/mol. The van der Waals surface area contributed by atoms with E-state index in [0.717, 1.165) is 56.2 Å². The number of para-hydroxylation sites is 3. The molecule has 2 aromatic heterocycles. The van der Waals surface area contributed by atoms with Crippen molar-refractivity contribution in [3.8, 4) is 33.6 Å². The van der Waals surface area contributed by atoms with Crippen LogP contribution in [0.1, 0.15) is 13.8 Å². The van der Waals surface area contributed by atoms with E-state index >= 15 is 0 Å². The van der Waals surface area contributed by atoms with E-state index in [9.17, 15) is 0 Å². The van der Waals surface area contributed by atoms with E-state index in [1.165, 1.54) is 33.1 Å². The first kappa shape index (κ1) is 32.8. The van der Waals surface area contributed by atoms with Gasteiger partial charge in [0.25, 0.3) is 0 Å². The second-order valence-corrected chi connectivity index (χ2v) is 13.5. The van der Waals surface area contributed by atoms with Crippen molar-refractivity contribution in [2.75, 3.05) is 4.90 Å². The highest BCUT2D eigenvalue weighted by Crippen LogP contribution is 2.41. The van der Waals surface area contributed by atoms with E-state index in [1.54, 1.807) is 0 Å². The molecule has 0 atom stereocenters. The molecule has 0 aliphatic carbocycles. The van der Waals surface area contributed by atoms with Gasteiger partial charge in [0, 0.05) is 44.7 Å². The van der Waals surface area contributed by atoms with Crippen molar-refractivity contribution in [3.05, 3.63) is 194 Å².